The van der Waals surface area contributed by atoms with E-state index in [1.165, 1.54) is 14.0 Å². The number of anilines is 1. The largest absolute Gasteiger partial charge is 0.465 e. The Balaban J connectivity index is 2.16. The van der Waals surface area contributed by atoms with E-state index in [0.717, 1.165) is 30.7 Å². The van der Waals surface area contributed by atoms with Gasteiger partial charge in [-0.1, -0.05) is 11.8 Å². The Morgan fingerprint density at radius 2 is 1.86 bits per heavy atom. The maximum absolute atomic E-state index is 12.7. The number of halogens is 3. The van der Waals surface area contributed by atoms with E-state index >= 15 is 0 Å². The Hall–Kier alpha value is -2.67. The summed E-state index contributed by atoms with van der Waals surface area (Å²) in [6, 6.07) is 0.718. The summed E-state index contributed by atoms with van der Waals surface area (Å²) in [5.41, 5.74) is -0.857. The molecule has 2 aromatic rings. The number of nitrogens with one attached hydrogen (secondary N) is 1. The van der Waals surface area contributed by atoms with Crippen LogP contribution in [0.4, 0.5) is 18.2 Å². The van der Waals surface area contributed by atoms with Crippen molar-refractivity contribution in [3.63, 3.8) is 0 Å². The van der Waals surface area contributed by atoms with E-state index < -0.39 is 29.7 Å². The van der Waals surface area contributed by atoms with Crippen LogP contribution in [0.15, 0.2) is 17.4 Å². The lowest BCUT2D eigenvalue weighted by atomic mass is 10.1. The summed E-state index contributed by atoms with van der Waals surface area (Å²) in [6.07, 6.45) is -3.69. The third-order valence-electron chi connectivity index (χ3n) is 3.42. The number of methoxy groups -OCH3 is 2. The zero-order chi connectivity index (χ0) is 21.8. The second-order valence-corrected chi connectivity index (χ2v) is 7.27. The molecule has 0 radical (unpaired) electrons. The van der Waals surface area contributed by atoms with Crippen LogP contribution in [0, 0.1) is 6.92 Å². The van der Waals surface area contributed by atoms with Gasteiger partial charge >= 0.3 is 18.1 Å². The van der Waals surface area contributed by atoms with Gasteiger partial charge in [0.1, 0.15) is 15.6 Å². The maximum atomic E-state index is 12.7. The van der Waals surface area contributed by atoms with Gasteiger partial charge in [0.05, 0.1) is 25.5 Å². The number of hydrogen-bond donors (Lipinski definition) is 1. The van der Waals surface area contributed by atoms with Crippen molar-refractivity contribution in [2.24, 2.45) is 0 Å². The zero-order valence-corrected chi connectivity index (χ0v) is 16.9. The lowest BCUT2D eigenvalue weighted by Crippen LogP contribution is -2.16. The van der Waals surface area contributed by atoms with E-state index in [1.54, 1.807) is 0 Å². The van der Waals surface area contributed by atoms with E-state index in [4.69, 9.17) is 0 Å². The molecular weight excluding hydrogens is 435 g/mol. The highest BCUT2D eigenvalue weighted by Crippen LogP contribution is 2.34. The topological polar surface area (TPSA) is 107 Å². The highest BCUT2D eigenvalue weighted by Gasteiger charge is 2.33. The van der Waals surface area contributed by atoms with Gasteiger partial charge in [0.25, 0.3) is 0 Å². The van der Waals surface area contributed by atoms with Gasteiger partial charge in [0, 0.05) is 6.20 Å². The van der Waals surface area contributed by atoms with Crippen LogP contribution in [0.5, 0.6) is 0 Å². The summed E-state index contributed by atoms with van der Waals surface area (Å²) in [5, 5.41) is 2.28. The van der Waals surface area contributed by atoms with Gasteiger partial charge in [-0.3, -0.25) is 4.79 Å². The van der Waals surface area contributed by atoms with Crippen molar-refractivity contribution in [1.29, 1.82) is 0 Å². The fourth-order valence-corrected chi connectivity index (χ4v) is 3.86. The third-order valence-corrected chi connectivity index (χ3v) is 5.47. The van der Waals surface area contributed by atoms with E-state index in [2.05, 4.69) is 24.8 Å². The monoisotopic (exact) mass is 449 g/mol. The molecule has 1 N–H and O–H groups in total. The Morgan fingerprint density at radius 1 is 1.21 bits per heavy atom. The molecule has 0 fully saturated rings. The summed E-state index contributed by atoms with van der Waals surface area (Å²) in [7, 11) is 2.31. The van der Waals surface area contributed by atoms with Crippen molar-refractivity contribution in [2.45, 2.75) is 18.3 Å². The van der Waals surface area contributed by atoms with Crippen molar-refractivity contribution < 1.29 is 37.0 Å². The second kappa shape index (κ2) is 9.22. The quantitative estimate of drug-likeness (QED) is 0.407. The fourth-order valence-electron chi connectivity index (χ4n) is 2.10. The van der Waals surface area contributed by atoms with Crippen LogP contribution in [-0.2, 0) is 20.4 Å². The van der Waals surface area contributed by atoms with Crippen molar-refractivity contribution >= 4 is 45.9 Å². The Bertz CT molecular complexity index is 946. The number of aromatic nitrogens is 2. The first-order valence-corrected chi connectivity index (χ1v) is 9.51. The summed E-state index contributed by atoms with van der Waals surface area (Å²) in [4.78, 5) is 43.2. The van der Waals surface area contributed by atoms with Crippen molar-refractivity contribution in [1.82, 2.24) is 9.97 Å². The molecule has 2 heterocycles. The van der Waals surface area contributed by atoms with Crippen molar-refractivity contribution in [3.05, 3.63) is 34.0 Å². The Labute approximate surface area is 170 Å². The van der Waals surface area contributed by atoms with E-state index in [0.29, 0.717) is 11.8 Å². The summed E-state index contributed by atoms with van der Waals surface area (Å²) in [5.74, 6) is -2.42. The molecule has 1 amide bonds. The number of hydrogen-bond acceptors (Lipinski definition) is 9. The van der Waals surface area contributed by atoms with Crippen LogP contribution in [-0.4, -0.2) is 47.8 Å². The van der Waals surface area contributed by atoms with Crippen LogP contribution in [0.25, 0.3) is 0 Å². The van der Waals surface area contributed by atoms with Crippen molar-refractivity contribution in [2.75, 3.05) is 25.3 Å². The lowest BCUT2D eigenvalue weighted by Gasteiger charge is -2.07. The number of thiophene rings is 1. The molecule has 156 valence electrons. The first-order valence-electron chi connectivity index (χ1n) is 7.71. The van der Waals surface area contributed by atoms with Gasteiger partial charge in [0.15, 0.2) is 5.16 Å². The van der Waals surface area contributed by atoms with Gasteiger partial charge in [0.2, 0.25) is 5.91 Å². The molecule has 2 aromatic heterocycles. The van der Waals surface area contributed by atoms with Crippen LogP contribution in [0.1, 0.15) is 31.3 Å². The van der Waals surface area contributed by atoms with Gasteiger partial charge in [-0.25, -0.2) is 19.6 Å². The number of esters is 2. The van der Waals surface area contributed by atoms with Crippen LogP contribution in [0.3, 0.4) is 0 Å². The minimum absolute atomic E-state index is 0.00781. The molecule has 0 aliphatic rings. The minimum Gasteiger partial charge on any atom is -0.465 e. The molecule has 0 aliphatic heterocycles. The second-order valence-electron chi connectivity index (χ2n) is 5.30. The number of alkyl halides is 3. The van der Waals surface area contributed by atoms with Crippen molar-refractivity contribution in [3.8, 4) is 0 Å². The molecule has 0 unspecified atom stereocenters. The number of ether oxygens (including phenoxy) is 2. The molecule has 0 saturated heterocycles. The van der Waals surface area contributed by atoms with Gasteiger partial charge < -0.3 is 14.8 Å². The van der Waals surface area contributed by atoms with Gasteiger partial charge in [-0.2, -0.15) is 13.2 Å². The summed E-state index contributed by atoms with van der Waals surface area (Å²) >= 11 is 1.50. The highest BCUT2D eigenvalue weighted by atomic mass is 32.2. The standard InChI is InChI=1S/C16H14F3N3O5S2/c1-7-10(13(24)26-2)12(29-11(7)14(25)27-3)22-9(23)6-28-15-20-5-4-8(21-15)16(17,18)19/h4-5H,6H2,1-3H3,(H,22,23). The zero-order valence-electron chi connectivity index (χ0n) is 15.2. The predicted molar refractivity (Wildman–Crippen MR) is 98.1 cm³/mol. The van der Waals surface area contributed by atoms with E-state index in [1.807, 2.05) is 0 Å². The number of rotatable bonds is 6. The first kappa shape index (κ1) is 22.6. The Kier molecular flexibility index (Phi) is 7.19. The number of nitrogens with zero attached hydrogens (tertiary/aromatic N) is 2. The number of thioether (sulfide) groups is 1. The highest BCUT2D eigenvalue weighted by molar-refractivity contribution is 7.99. The molecule has 13 heteroatoms. The van der Waals surface area contributed by atoms with E-state index in [9.17, 15) is 27.6 Å². The van der Waals surface area contributed by atoms with Gasteiger partial charge in [-0.05, 0) is 18.6 Å². The molecule has 0 atom stereocenters. The number of carbonyl (C=O) groups excluding carboxylic acids is 3. The fraction of sp³-hybridized carbons (Fsp3) is 0.312. The van der Waals surface area contributed by atoms with Crippen LogP contribution in [0.2, 0.25) is 0 Å². The Morgan fingerprint density at radius 3 is 2.45 bits per heavy atom. The van der Waals surface area contributed by atoms with Gasteiger partial charge in [-0.15, -0.1) is 11.3 Å². The molecule has 0 saturated carbocycles. The van der Waals surface area contributed by atoms with Crippen LogP contribution < -0.4 is 5.32 Å². The lowest BCUT2D eigenvalue weighted by molar-refractivity contribution is -0.141. The molecule has 29 heavy (non-hydrogen) atoms. The minimum atomic E-state index is -4.63. The average molecular weight is 449 g/mol. The maximum Gasteiger partial charge on any atom is 0.433 e. The molecule has 0 bridgehead atoms. The third kappa shape index (κ3) is 5.44. The normalized spacial score (nSPS) is 11.1. The molecule has 0 aliphatic carbocycles. The molecular formula is C16H14F3N3O5S2. The SMILES string of the molecule is COC(=O)c1sc(NC(=O)CSc2nccc(C(F)(F)F)n2)c(C(=O)OC)c1C. The number of carbonyl (C=O) groups is 3. The van der Waals surface area contributed by atoms with Crippen LogP contribution >= 0.6 is 23.1 Å². The summed E-state index contributed by atoms with van der Waals surface area (Å²) in [6.45, 7) is 1.50. The molecule has 0 aromatic carbocycles. The molecule has 8 nitrogen and oxygen atoms in total. The molecule has 2 rings (SSSR count). The first-order chi connectivity index (χ1) is 13.6. The summed E-state index contributed by atoms with van der Waals surface area (Å²) < 4.78 is 47.4. The average Bonchev–Trinajstić information content (AvgIpc) is 3.00. The number of amides is 1. The van der Waals surface area contributed by atoms with E-state index in [-0.39, 0.29) is 31.9 Å². The smallest absolute Gasteiger partial charge is 0.433 e. The molecule has 0 spiro atoms. The predicted octanol–water partition coefficient (Wildman–Crippen LogP) is 3.17.